The molecule has 0 bridgehead atoms. The van der Waals surface area contributed by atoms with Gasteiger partial charge in [0.1, 0.15) is 10.8 Å². The lowest BCUT2D eigenvalue weighted by Crippen LogP contribution is -2.21. The monoisotopic (exact) mass is 382 g/mol. The average Bonchev–Trinajstić information content (AvgIpc) is 3.02. The Bertz CT molecular complexity index is 726. The van der Waals surface area contributed by atoms with Crippen LogP contribution in [-0.2, 0) is 0 Å². The van der Waals surface area contributed by atoms with Crippen LogP contribution in [0.1, 0.15) is 26.2 Å². The second-order valence-electron chi connectivity index (χ2n) is 5.96. The molecule has 0 radical (unpaired) electrons. The van der Waals surface area contributed by atoms with E-state index in [0.29, 0.717) is 20.9 Å². The maximum atomic E-state index is 6.23. The number of nitrogens with two attached hydrogens (primary N) is 1. The van der Waals surface area contributed by atoms with E-state index in [9.17, 15) is 0 Å². The van der Waals surface area contributed by atoms with Gasteiger partial charge in [-0.3, -0.25) is 0 Å². The molecule has 1 aliphatic heterocycles. The van der Waals surface area contributed by atoms with Crippen LogP contribution >= 0.6 is 35.0 Å². The number of hydrogen-bond acceptors (Lipinski definition) is 5. The van der Waals surface area contributed by atoms with Gasteiger partial charge in [0.25, 0.3) is 0 Å². The number of rotatable bonds is 5. The Labute approximate surface area is 156 Å². The first-order valence-corrected chi connectivity index (χ1v) is 9.65. The summed E-state index contributed by atoms with van der Waals surface area (Å²) in [4.78, 5) is 12.1. The summed E-state index contributed by atoms with van der Waals surface area (Å²) in [6.07, 6.45) is 5.50. The predicted molar refractivity (Wildman–Crippen MR) is 102 cm³/mol. The molecule has 1 atom stereocenters. The molecular formula is C17H20Cl2N4S. The third-order valence-corrected chi connectivity index (χ3v) is 6.18. The minimum atomic E-state index is 0.424. The van der Waals surface area contributed by atoms with Gasteiger partial charge in [0.15, 0.2) is 5.82 Å². The second-order valence-corrected chi connectivity index (χ2v) is 7.78. The number of aromatic nitrogens is 2. The molecule has 4 nitrogen and oxygen atoms in total. The minimum Gasteiger partial charge on any atom is -0.381 e. The largest absolute Gasteiger partial charge is 0.381 e. The number of anilines is 2. The molecule has 0 aliphatic carbocycles. The molecule has 7 heteroatoms. The lowest BCUT2D eigenvalue weighted by molar-refractivity contribution is 0.529. The Hall–Kier alpha value is -1.17. The Morgan fingerprint density at radius 1 is 1.38 bits per heavy atom. The summed E-state index contributed by atoms with van der Waals surface area (Å²) < 4.78 is 0. The van der Waals surface area contributed by atoms with E-state index in [0.717, 1.165) is 29.7 Å². The van der Waals surface area contributed by atoms with Gasteiger partial charge in [0.2, 0.25) is 0 Å². The molecular weight excluding hydrogens is 363 g/mol. The van der Waals surface area contributed by atoms with E-state index in [2.05, 4.69) is 21.8 Å². The summed E-state index contributed by atoms with van der Waals surface area (Å²) in [6.45, 7) is 4.29. The van der Waals surface area contributed by atoms with Crippen molar-refractivity contribution in [2.45, 2.75) is 36.1 Å². The van der Waals surface area contributed by atoms with Crippen molar-refractivity contribution in [3.05, 3.63) is 34.4 Å². The normalized spacial score (nSPS) is 17.5. The lowest BCUT2D eigenvalue weighted by atomic mass is 10.0. The fourth-order valence-electron chi connectivity index (χ4n) is 2.97. The standard InChI is InChI=1S/C17H20Cl2N4S/c1-2-4-11-7-8-23(10-11)14-9-21-17(16(20)22-14)24-13-6-3-5-12(18)15(13)19/h3,5-6,9,11H,2,4,7-8,10H2,1H3,(H2,20,22). The molecule has 2 heterocycles. The SMILES string of the molecule is CCCC1CCN(c2cnc(Sc3cccc(Cl)c3Cl)c(N)n2)C1. The third-order valence-electron chi connectivity index (χ3n) is 4.18. The van der Waals surface area contributed by atoms with Crippen molar-refractivity contribution in [1.82, 2.24) is 9.97 Å². The maximum absolute atomic E-state index is 6.23. The van der Waals surface area contributed by atoms with Gasteiger partial charge in [-0.15, -0.1) is 0 Å². The van der Waals surface area contributed by atoms with E-state index in [1.54, 1.807) is 12.3 Å². The first-order chi connectivity index (χ1) is 11.6. The zero-order valence-electron chi connectivity index (χ0n) is 13.5. The Morgan fingerprint density at radius 3 is 2.96 bits per heavy atom. The molecule has 0 saturated carbocycles. The molecule has 1 unspecified atom stereocenters. The third kappa shape index (κ3) is 3.90. The zero-order valence-corrected chi connectivity index (χ0v) is 15.8. The van der Waals surface area contributed by atoms with Crippen molar-refractivity contribution < 1.29 is 0 Å². The Balaban J connectivity index is 1.74. The molecule has 0 spiro atoms. The lowest BCUT2D eigenvalue weighted by Gasteiger charge is -2.18. The highest BCUT2D eigenvalue weighted by molar-refractivity contribution is 7.99. The highest BCUT2D eigenvalue weighted by Crippen LogP contribution is 2.38. The van der Waals surface area contributed by atoms with Gasteiger partial charge in [-0.25, -0.2) is 9.97 Å². The van der Waals surface area contributed by atoms with Crippen LogP contribution in [0.4, 0.5) is 11.6 Å². The highest BCUT2D eigenvalue weighted by atomic mass is 35.5. The van der Waals surface area contributed by atoms with Crippen molar-refractivity contribution in [2.75, 3.05) is 23.7 Å². The zero-order chi connectivity index (χ0) is 17.1. The molecule has 1 aromatic heterocycles. The smallest absolute Gasteiger partial charge is 0.158 e. The molecule has 2 aromatic rings. The van der Waals surface area contributed by atoms with Gasteiger partial charge in [-0.05, 0) is 30.9 Å². The van der Waals surface area contributed by atoms with Crippen LogP contribution in [0.25, 0.3) is 0 Å². The number of benzene rings is 1. The van der Waals surface area contributed by atoms with E-state index in [1.807, 2.05) is 12.1 Å². The quantitative estimate of drug-likeness (QED) is 0.775. The van der Waals surface area contributed by atoms with E-state index in [1.165, 1.54) is 31.0 Å². The van der Waals surface area contributed by atoms with Gasteiger partial charge in [-0.2, -0.15) is 0 Å². The van der Waals surface area contributed by atoms with Crippen LogP contribution in [0, 0.1) is 5.92 Å². The molecule has 128 valence electrons. The van der Waals surface area contributed by atoms with Crippen LogP contribution in [0.2, 0.25) is 10.0 Å². The first-order valence-electron chi connectivity index (χ1n) is 8.07. The summed E-state index contributed by atoms with van der Waals surface area (Å²) in [6, 6.07) is 5.50. The Morgan fingerprint density at radius 2 is 2.21 bits per heavy atom. The molecule has 2 N–H and O–H groups in total. The van der Waals surface area contributed by atoms with E-state index < -0.39 is 0 Å². The number of nitrogens with zero attached hydrogens (tertiary/aromatic N) is 3. The molecule has 3 rings (SSSR count). The van der Waals surface area contributed by atoms with Crippen molar-refractivity contribution in [2.24, 2.45) is 5.92 Å². The molecule has 0 amide bonds. The van der Waals surface area contributed by atoms with Gasteiger partial charge >= 0.3 is 0 Å². The van der Waals surface area contributed by atoms with Crippen LogP contribution in [-0.4, -0.2) is 23.1 Å². The summed E-state index contributed by atoms with van der Waals surface area (Å²) in [5.74, 6) is 2.03. The van der Waals surface area contributed by atoms with Crippen molar-refractivity contribution >= 4 is 46.6 Å². The Kier molecular flexibility index (Phi) is 5.74. The highest BCUT2D eigenvalue weighted by Gasteiger charge is 2.23. The topological polar surface area (TPSA) is 55.0 Å². The molecule has 1 saturated heterocycles. The summed E-state index contributed by atoms with van der Waals surface area (Å²) in [7, 11) is 0. The minimum absolute atomic E-state index is 0.424. The van der Waals surface area contributed by atoms with Gasteiger partial charge in [-0.1, -0.05) is 54.4 Å². The molecule has 1 fully saturated rings. The number of nitrogen functional groups attached to an aromatic ring is 1. The molecule has 24 heavy (non-hydrogen) atoms. The van der Waals surface area contributed by atoms with Gasteiger partial charge in [0, 0.05) is 18.0 Å². The number of halogens is 2. The average molecular weight is 383 g/mol. The first kappa shape index (κ1) is 17.6. The van der Waals surface area contributed by atoms with E-state index in [4.69, 9.17) is 28.9 Å². The number of hydrogen-bond donors (Lipinski definition) is 1. The summed E-state index contributed by atoms with van der Waals surface area (Å²) in [5, 5.41) is 1.67. The van der Waals surface area contributed by atoms with Gasteiger partial charge < -0.3 is 10.6 Å². The van der Waals surface area contributed by atoms with E-state index in [-0.39, 0.29) is 0 Å². The summed E-state index contributed by atoms with van der Waals surface area (Å²) >= 11 is 13.7. The van der Waals surface area contributed by atoms with Crippen LogP contribution in [0.15, 0.2) is 34.3 Å². The van der Waals surface area contributed by atoms with Crippen molar-refractivity contribution in [3.63, 3.8) is 0 Å². The second kappa shape index (κ2) is 7.81. The fraction of sp³-hybridized carbons (Fsp3) is 0.412. The predicted octanol–water partition coefficient (Wildman–Crippen LogP) is 5.14. The van der Waals surface area contributed by atoms with Crippen LogP contribution in [0.3, 0.4) is 0 Å². The van der Waals surface area contributed by atoms with Crippen LogP contribution in [0.5, 0.6) is 0 Å². The fourth-order valence-corrected chi connectivity index (χ4v) is 4.25. The summed E-state index contributed by atoms with van der Waals surface area (Å²) in [5.41, 5.74) is 6.12. The van der Waals surface area contributed by atoms with Crippen LogP contribution < -0.4 is 10.6 Å². The van der Waals surface area contributed by atoms with Crippen molar-refractivity contribution in [1.29, 1.82) is 0 Å². The van der Waals surface area contributed by atoms with Gasteiger partial charge in [0.05, 0.1) is 16.2 Å². The van der Waals surface area contributed by atoms with Crippen molar-refractivity contribution in [3.8, 4) is 0 Å². The maximum Gasteiger partial charge on any atom is 0.158 e. The van der Waals surface area contributed by atoms with E-state index >= 15 is 0 Å². The molecule has 1 aromatic carbocycles. The molecule has 1 aliphatic rings.